The van der Waals surface area contributed by atoms with Crippen molar-refractivity contribution in [3.63, 3.8) is 0 Å². The normalized spacial score (nSPS) is 21.0. The number of allylic oxidation sites excluding steroid dienone is 1. The SMILES string of the molecule is CCOC(=O)[C@@H](CCCCNC(=O)OCc1ccccc1)c1cc2c(cc1F)C(=C=O)C1=C(CN3C(=C=O)C4=C(C=C13)C(O)(CC)C(=C=O)OC4)N2C1CCC(C)(C)CC1. The number of ether oxygens (including phenoxy) is 3. The number of amides is 1. The Kier molecular flexibility index (Phi) is 12.2. The molecule has 0 saturated heterocycles. The fourth-order valence-electron chi connectivity index (χ4n) is 9.18. The molecule has 2 aromatic rings. The lowest BCUT2D eigenvalue weighted by Gasteiger charge is -2.44. The first-order chi connectivity index (χ1) is 28.9. The summed E-state index contributed by atoms with van der Waals surface area (Å²) >= 11 is 0. The van der Waals surface area contributed by atoms with Crippen molar-refractivity contribution in [1.29, 1.82) is 0 Å². The quantitative estimate of drug-likeness (QED) is 0.130. The van der Waals surface area contributed by atoms with Gasteiger partial charge in [0.25, 0.3) is 0 Å². The zero-order chi connectivity index (χ0) is 42.8. The molecule has 314 valence electrons. The molecule has 12 nitrogen and oxygen atoms in total. The summed E-state index contributed by atoms with van der Waals surface area (Å²) in [6.07, 6.45) is 5.66. The Balaban J connectivity index is 1.24. The van der Waals surface area contributed by atoms with Crippen LogP contribution in [0.1, 0.15) is 102 Å². The molecular weight excluding hydrogens is 770 g/mol. The molecule has 1 amide bonds. The van der Waals surface area contributed by atoms with Crippen molar-refractivity contribution in [2.24, 2.45) is 5.41 Å². The van der Waals surface area contributed by atoms with Crippen LogP contribution in [-0.2, 0) is 40.0 Å². The maximum Gasteiger partial charge on any atom is 0.407 e. The van der Waals surface area contributed by atoms with Gasteiger partial charge in [-0.2, -0.15) is 0 Å². The van der Waals surface area contributed by atoms with E-state index in [-0.39, 0.29) is 90.9 Å². The van der Waals surface area contributed by atoms with Crippen LogP contribution in [0.4, 0.5) is 14.9 Å². The summed E-state index contributed by atoms with van der Waals surface area (Å²) in [5.74, 6) is 3.26. The summed E-state index contributed by atoms with van der Waals surface area (Å²) in [5.41, 5.74) is 2.34. The maximum absolute atomic E-state index is 16.7. The largest absolute Gasteiger partial charge is 0.479 e. The molecule has 4 heterocycles. The van der Waals surface area contributed by atoms with Gasteiger partial charge in [0.2, 0.25) is 5.76 Å². The van der Waals surface area contributed by atoms with Gasteiger partial charge in [0.05, 0.1) is 36.0 Å². The third-order valence-corrected chi connectivity index (χ3v) is 12.5. The highest BCUT2D eigenvalue weighted by Crippen LogP contribution is 2.55. The minimum absolute atomic E-state index is 0.0366. The molecule has 13 heteroatoms. The van der Waals surface area contributed by atoms with Gasteiger partial charge in [-0.25, -0.2) is 23.6 Å². The Morgan fingerprint density at radius 3 is 2.45 bits per heavy atom. The zero-order valence-corrected chi connectivity index (χ0v) is 34.5. The molecule has 2 atom stereocenters. The number of carbonyl (C=O) groups excluding carboxylic acids is 5. The summed E-state index contributed by atoms with van der Waals surface area (Å²) in [7, 11) is 0. The maximum atomic E-state index is 16.7. The minimum Gasteiger partial charge on any atom is -0.479 e. The Morgan fingerprint density at radius 1 is 1.03 bits per heavy atom. The number of hydrogen-bond acceptors (Lipinski definition) is 11. The van der Waals surface area contributed by atoms with Gasteiger partial charge in [-0.1, -0.05) is 57.5 Å². The molecule has 0 spiro atoms. The lowest BCUT2D eigenvalue weighted by Crippen LogP contribution is -2.43. The van der Waals surface area contributed by atoms with Crippen LogP contribution in [-0.4, -0.2) is 77.8 Å². The highest BCUT2D eigenvalue weighted by molar-refractivity contribution is 6.07. The van der Waals surface area contributed by atoms with Crippen LogP contribution in [0.15, 0.2) is 88.1 Å². The van der Waals surface area contributed by atoms with E-state index >= 15 is 4.39 Å². The van der Waals surface area contributed by atoms with Gasteiger partial charge < -0.3 is 34.4 Å². The van der Waals surface area contributed by atoms with Crippen molar-refractivity contribution in [3.05, 3.63) is 111 Å². The summed E-state index contributed by atoms with van der Waals surface area (Å²) in [6, 6.07) is 12.2. The van der Waals surface area contributed by atoms with E-state index in [4.69, 9.17) is 14.2 Å². The molecule has 2 N–H and O–H groups in total. The summed E-state index contributed by atoms with van der Waals surface area (Å²) < 4.78 is 33.1. The number of nitrogens with one attached hydrogen (secondary N) is 1. The van der Waals surface area contributed by atoms with Crippen LogP contribution in [0.3, 0.4) is 0 Å². The molecule has 0 bridgehead atoms. The van der Waals surface area contributed by atoms with Crippen molar-refractivity contribution in [1.82, 2.24) is 10.2 Å². The third kappa shape index (κ3) is 7.78. The monoisotopic (exact) mass is 819 g/mol. The van der Waals surface area contributed by atoms with Crippen LogP contribution >= 0.6 is 0 Å². The van der Waals surface area contributed by atoms with Crippen molar-refractivity contribution < 1.29 is 47.7 Å². The van der Waals surface area contributed by atoms with Crippen molar-refractivity contribution in [3.8, 4) is 0 Å². The molecule has 4 aliphatic heterocycles. The number of alkyl carbamates (subject to hydrolysis) is 1. The molecule has 1 unspecified atom stereocenters. The third-order valence-electron chi connectivity index (χ3n) is 12.5. The molecule has 5 aliphatic rings. The fourth-order valence-corrected chi connectivity index (χ4v) is 9.18. The highest BCUT2D eigenvalue weighted by Gasteiger charge is 2.50. The van der Waals surface area contributed by atoms with Crippen LogP contribution in [0.5, 0.6) is 0 Å². The fraction of sp³-hybridized carbons (Fsp3) is 0.447. The molecule has 0 radical (unpaired) electrons. The van der Waals surface area contributed by atoms with E-state index in [0.29, 0.717) is 41.1 Å². The number of fused-ring (bicyclic) bond motifs is 3. The molecule has 1 fully saturated rings. The lowest BCUT2D eigenvalue weighted by atomic mass is 9.74. The molecule has 60 heavy (non-hydrogen) atoms. The van der Waals surface area contributed by atoms with Crippen LogP contribution in [0.2, 0.25) is 0 Å². The van der Waals surface area contributed by atoms with E-state index in [9.17, 15) is 29.1 Å². The van der Waals surface area contributed by atoms with Gasteiger partial charge in [0.1, 0.15) is 30.7 Å². The molecule has 1 aliphatic carbocycles. The first-order valence-electron chi connectivity index (χ1n) is 20.7. The lowest BCUT2D eigenvalue weighted by molar-refractivity contribution is -0.145. The summed E-state index contributed by atoms with van der Waals surface area (Å²) in [4.78, 5) is 67.8. The Bertz CT molecular complexity index is 2320. The number of unbranched alkanes of at least 4 members (excludes halogenated alkanes) is 1. The topological polar surface area (TPSA) is 152 Å². The van der Waals surface area contributed by atoms with Crippen LogP contribution < -0.4 is 10.2 Å². The number of rotatable bonds is 12. The number of esters is 1. The van der Waals surface area contributed by atoms with Gasteiger partial charge >= 0.3 is 12.1 Å². The van der Waals surface area contributed by atoms with Crippen molar-refractivity contribution in [2.45, 2.75) is 103 Å². The van der Waals surface area contributed by atoms with E-state index in [1.165, 1.54) is 6.07 Å². The van der Waals surface area contributed by atoms with Crippen LogP contribution in [0, 0.1) is 11.2 Å². The predicted molar refractivity (Wildman–Crippen MR) is 220 cm³/mol. The number of halogens is 1. The van der Waals surface area contributed by atoms with E-state index in [1.807, 2.05) is 36.3 Å². The standard InChI is InChI=1S/C47H50FN3O9/c1-5-47(57)36-22-39-43-34(24-52)33-20-37(48)32(31(44(55)58-6-2)14-10-11-19-49-45(56)60-27-29-12-8-7-9-13-29)21-38(33)51(30-15-17-46(3,4)18-16-30)40(43)23-50(39)41(25-53)35(36)28-59-42(47)26-54/h7-9,12-13,20-22,30-31,57H,5-6,10-11,14-19,23,27-28H2,1-4H3,(H,49,56)/t31-,47?/m0/s1. The Labute approximate surface area is 348 Å². The van der Waals surface area contributed by atoms with Gasteiger partial charge in [0, 0.05) is 46.1 Å². The first kappa shape index (κ1) is 42.2. The van der Waals surface area contributed by atoms with Crippen LogP contribution in [0.25, 0.3) is 5.57 Å². The van der Waals surface area contributed by atoms with Gasteiger partial charge in [0.15, 0.2) is 17.5 Å². The average Bonchev–Trinajstić information content (AvgIpc) is 3.62. The van der Waals surface area contributed by atoms with E-state index < -0.39 is 29.4 Å². The second-order valence-electron chi connectivity index (χ2n) is 16.6. The Hall–Kier alpha value is -5.96. The van der Waals surface area contributed by atoms with Crippen molar-refractivity contribution in [2.75, 3.05) is 31.2 Å². The number of aliphatic hydroxyl groups is 1. The second kappa shape index (κ2) is 17.3. The second-order valence-corrected chi connectivity index (χ2v) is 16.6. The number of hydrogen-bond donors (Lipinski definition) is 2. The van der Waals surface area contributed by atoms with Gasteiger partial charge in [-0.05, 0) is 81.1 Å². The van der Waals surface area contributed by atoms with Gasteiger partial charge in [-0.3, -0.25) is 4.79 Å². The highest BCUT2D eigenvalue weighted by atomic mass is 19.1. The summed E-state index contributed by atoms with van der Waals surface area (Å²) in [5, 5.41) is 14.6. The van der Waals surface area contributed by atoms with E-state index in [0.717, 1.165) is 31.2 Å². The van der Waals surface area contributed by atoms with E-state index in [2.05, 4.69) is 30.0 Å². The molecule has 2 aromatic carbocycles. The van der Waals surface area contributed by atoms with Crippen molar-refractivity contribution >= 4 is 41.1 Å². The minimum atomic E-state index is -1.89. The smallest absolute Gasteiger partial charge is 0.407 e. The molecule has 1 saturated carbocycles. The first-order valence-corrected chi connectivity index (χ1v) is 20.7. The Morgan fingerprint density at radius 2 is 1.78 bits per heavy atom. The number of anilines is 1. The predicted octanol–water partition coefficient (Wildman–Crippen LogP) is 6.94. The van der Waals surface area contributed by atoms with E-state index in [1.54, 1.807) is 36.8 Å². The average molecular weight is 820 g/mol. The summed E-state index contributed by atoms with van der Waals surface area (Å²) in [6.45, 7) is 8.28. The molecule has 0 aromatic heterocycles. The van der Waals surface area contributed by atoms with Gasteiger partial charge in [-0.15, -0.1) is 0 Å². The number of benzene rings is 2. The molecular formula is C47H50FN3O9. The number of carbonyl (C=O) groups is 2. The molecule has 7 rings (SSSR count). The zero-order valence-electron chi connectivity index (χ0n) is 34.5. The number of nitrogens with zero attached hydrogens (tertiary/aromatic N) is 2.